The number of benzene rings is 1. The lowest BCUT2D eigenvalue weighted by atomic mass is 9.95. The van der Waals surface area contributed by atoms with Gasteiger partial charge in [0.05, 0.1) is 13.0 Å². The standard InChI is InChI=1S/C11H15F2NO/c1-7-5-8(15-2)3-4-9(7)10(6-14)11(12)13/h3-5,10-11H,6,14H2,1-2H3. The van der Waals surface area contributed by atoms with Gasteiger partial charge in [-0.2, -0.15) is 0 Å². The van der Waals surface area contributed by atoms with Gasteiger partial charge in [0.1, 0.15) is 5.75 Å². The minimum atomic E-state index is -2.43. The van der Waals surface area contributed by atoms with Crippen molar-refractivity contribution in [2.45, 2.75) is 19.3 Å². The Morgan fingerprint density at radius 2 is 2.07 bits per heavy atom. The van der Waals surface area contributed by atoms with Gasteiger partial charge in [0.15, 0.2) is 0 Å². The van der Waals surface area contributed by atoms with Crippen molar-refractivity contribution in [2.24, 2.45) is 5.73 Å². The van der Waals surface area contributed by atoms with E-state index in [0.29, 0.717) is 11.3 Å². The van der Waals surface area contributed by atoms with E-state index in [1.165, 1.54) is 0 Å². The van der Waals surface area contributed by atoms with Gasteiger partial charge in [0.2, 0.25) is 6.43 Å². The second kappa shape index (κ2) is 5.07. The van der Waals surface area contributed by atoms with Gasteiger partial charge in [-0.05, 0) is 30.2 Å². The molecule has 0 radical (unpaired) electrons. The van der Waals surface area contributed by atoms with Crippen LogP contribution in [0.15, 0.2) is 18.2 Å². The molecule has 0 amide bonds. The third-order valence-corrected chi connectivity index (χ3v) is 2.43. The zero-order valence-corrected chi connectivity index (χ0v) is 8.84. The molecular formula is C11H15F2NO. The van der Waals surface area contributed by atoms with Gasteiger partial charge in [0, 0.05) is 6.54 Å². The van der Waals surface area contributed by atoms with E-state index < -0.39 is 12.3 Å². The number of hydrogen-bond acceptors (Lipinski definition) is 2. The molecule has 1 atom stereocenters. The summed E-state index contributed by atoms with van der Waals surface area (Å²) in [5.41, 5.74) is 6.71. The van der Waals surface area contributed by atoms with E-state index >= 15 is 0 Å². The average Bonchev–Trinajstić information content (AvgIpc) is 2.20. The largest absolute Gasteiger partial charge is 0.497 e. The zero-order chi connectivity index (χ0) is 11.4. The number of rotatable bonds is 4. The summed E-state index contributed by atoms with van der Waals surface area (Å²) in [7, 11) is 1.54. The number of alkyl halides is 2. The van der Waals surface area contributed by atoms with Gasteiger partial charge >= 0.3 is 0 Å². The molecule has 0 aliphatic rings. The Hall–Kier alpha value is -1.16. The Bertz CT molecular complexity index is 328. The van der Waals surface area contributed by atoms with Crippen molar-refractivity contribution in [3.05, 3.63) is 29.3 Å². The molecule has 1 unspecified atom stereocenters. The van der Waals surface area contributed by atoms with E-state index in [1.807, 2.05) is 0 Å². The molecule has 4 heteroatoms. The first kappa shape index (κ1) is 11.9. The molecule has 0 saturated carbocycles. The fourth-order valence-corrected chi connectivity index (χ4v) is 1.56. The lowest BCUT2D eigenvalue weighted by molar-refractivity contribution is 0.117. The van der Waals surface area contributed by atoms with Crippen molar-refractivity contribution in [2.75, 3.05) is 13.7 Å². The fraction of sp³-hybridized carbons (Fsp3) is 0.455. The molecule has 15 heavy (non-hydrogen) atoms. The van der Waals surface area contributed by atoms with Crippen LogP contribution in [0.5, 0.6) is 5.75 Å². The van der Waals surface area contributed by atoms with Crippen LogP contribution < -0.4 is 10.5 Å². The molecule has 1 aromatic rings. The SMILES string of the molecule is COc1ccc(C(CN)C(F)F)c(C)c1. The maximum atomic E-state index is 12.6. The molecule has 84 valence electrons. The molecule has 0 fully saturated rings. The number of nitrogens with two attached hydrogens (primary N) is 1. The van der Waals surface area contributed by atoms with E-state index in [1.54, 1.807) is 32.2 Å². The molecule has 0 aliphatic heterocycles. The molecule has 1 rings (SSSR count). The van der Waals surface area contributed by atoms with Crippen molar-refractivity contribution in [1.29, 1.82) is 0 Å². The lowest BCUT2D eigenvalue weighted by Gasteiger charge is -2.17. The first-order chi connectivity index (χ1) is 7.10. The molecule has 0 spiro atoms. The zero-order valence-electron chi connectivity index (χ0n) is 8.84. The van der Waals surface area contributed by atoms with Crippen molar-refractivity contribution in [1.82, 2.24) is 0 Å². The van der Waals surface area contributed by atoms with Gasteiger partial charge in [0.25, 0.3) is 0 Å². The first-order valence-corrected chi connectivity index (χ1v) is 4.73. The Balaban J connectivity index is 3.03. The summed E-state index contributed by atoms with van der Waals surface area (Å²) in [5, 5.41) is 0. The van der Waals surface area contributed by atoms with Gasteiger partial charge in [-0.3, -0.25) is 0 Å². The predicted octanol–water partition coefficient (Wildman–Crippen LogP) is 2.31. The van der Waals surface area contributed by atoms with E-state index in [2.05, 4.69) is 0 Å². The minimum Gasteiger partial charge on any atom is -0.497 e. The van der Waals surface area contributed by atoms with Gasteiger partial charge in [-0.1, -0.05) is 6.07 Å². The quantitative estimate of drug-likeness (QED) is 0.836. The van der Waals surface area contributed by atoms with Gasteiger partial charge < -0.3 is 10.5 Å². The van der Waals surface area contributed by atoms with Crippen molar-refractivity contribution in [3.63, 3.8) is 0 Å². The van der Waals surface area contributed by atoms with Crippen LogP contribution >= 0.6 is 0 Å². The monoisotopic (exact) mass is 215 g/mol. The summed E-state index contributed by atoms with van der Waals surface area (Å²) in [6.45, 7) is 1.73. The molecule has 2 nitrogen and oxygen atoms in total. The van der Waals surface area contributed by atoms with Crippen LogP contribution in [0.1, 0.15) is 17.0 Å². The van der Waals surface area contributed by atoms with Crippen molar-refractivity contribution < 1.29 is 13.5 Å². The maximum absolute atomic E-state index is 12.6. The second-order valence-electron chi connectivity index (χ2n) is 3.40. The summed E-state index contributed by atoms with van der Waals surface area (Å²) >= 11 is 0. The van der Waals surface area contributed by atoms with Crippen LogP contribution in [0.3, 0.4) is 0 Å². The molecular weight excluding hydrogens is 200 g/mol. The fourth-order valence-electron chi connectivity index (χ4n) is 1.56. The van der Waals surface area contributed by atoms with E-state index in [0.717, 1.165) is 5.56 Å². The summed E-state index contributed by atoms with van der Waals surface area (Å²) in [4.78, 5) is 0. The van der Waals surface area contributed by atoms with Crippen molar-refractivity contribution >= 4 is 0 Å². The number of hydrogen-bond donors (Lipinski definition) is 1. The Kier molecular flexibility index (Phi) is 4.03. The van der Waals surface area contributed by atoms with Gasteiger partial charge in [-0.25, -0.2) is 8.78 Å². The number of methoxy groups -OCH3 is 1. The van der Waals surface area contributed by atoms with Crippen LogP contribution in [0.2, 0.25) is 0 Å². The molecule has 1 aromatic carbocycles. The summed E-state index contributed by atoms with van der Waals surface area (Å²) < 4.78 is 30.3. The molecule has 0 saturated heterocycles. The number of ether oxygens (including phenoxy) is 1. The Morgan fingerprint density at radius 1 is 1.40 bits per heavy atom. The first-order valence-electron chi connectivity index (χ1n) is 4.73. The summed E-state index contributed by atoms with van der Waals surface area (Å²) in [6.07, 6.45) is -2.43. The third-order valence-electron chi connectivity index (χ3n) is 2.43. The van der Waals surface area contributed by atoms with Crippen LogP contribution in [-0.2, 0) is 0 Å². The molecule has 0 aromatic heterocycles. The normalized spacial score (nSPS) is 12.9. The van der Waals surface area contributed by atoms with Gasteiger partial charge in [-0.15, -0.1) is 0 Å². The van der Waals surface area contributed by atoms with Crippen LogP contribution in [0, 0.1) is 6.92 Å². The highest BCUT2D eigenvalue weighted by molar-refractivity contribution is 5.37. The number of aryl methyl sites for hydroxylation is 1. The highest BCUT2D eigenvalue weighted by atomic mass is 19.3. The van der Waals surface area contributed by atoms with E-state index in [9.17, 15) is 8.78 Å². The predicted molar refractivity (Wildman–Crippen MR) is 55.5 cm³/mol. The van der Waals surface area contributed by atoms with Crippen molar-refractivity contribution in [3.8, 4) is 5.75 Å². The van der Waals surface area contributed by atoms with Crippen LogP contribution in [0.4, 0.5) is 8.78 Å². The lowest BCUT2D eigenvalue weighted by Crippen LogP contribution is -2.20. The molecule has 0 bridgehead atoms. The highest BCUT2D eigenvalue weighted by Gasteiger charge is 2.22. The Labute approximate surface area is 88.0 Å². The van der Waals surface area contributed by atoms with Crippen LogP contribution in [-0.4, -0.2) is 20.1 Å². The minimum absolute atomic E-state index is 0.0508. The summed E-state index contributed by atoms with van der Waals surface area (Å²) in [5.74, 6) is -0.225. The maximum Gasteiger partial charge on any atom is 0.246 e. The number of halogens is 2. The molecule has 0 aliphatic carbocycles. The topological polar surface area (TPSA) is 35.2 Å². The summed E-state index contributed by atoms with van der Waals surface area (Å²) in [6, 6.07) is 5.06. The molecule has 0 heterocycles. The average molecular weight is 215 g/mol. The molecule has 2 N–H and O–H groups in total. The highest BCUT2D eigenvalue weighted by Crippen LogP contribution is 2.27. The van der Waals surface area contributed by atoms with Crippen LogP contribution in [0.25, 0.3) is 0 Å². The third kappa shape index (κ3) is 2.65. The Morgan fingerprint density at radius 3 is 2.47 bits per heavy atom. The smallest absolute Gasteiger partial charge is 0.246 e. The second-order valence-corrected chi connectivity index (χ2v) is 3.40. The van der Waals surface area contributed by atoms with E-state index in [-0.39, 0.29) is 6.54 Å². The van der Waals surface area contributed by atoms with E-state index in [4.69, 9.17) is 10.5 Å².